The molecule has 0 aromatic heterocycles. The normalized spacial score (nSPS) is 11.8. The Morgan fingerprint density at radius 1 is 1.33 bits per heavy atom. The number of aliphatic hydroxyl groups is 1. The van der Waals surface area contributed by atoms with Gasteiger partial charge in [-0.15, -0.1) is 0 Å². The molecule has 1 aromatic carbocycles. The first-order valence-electron chi connectivity index (χ1n) is 3.62. The van der Waals surface area contributed by atoms with Gasteiger partial charge in [0.25, 0.3) is 0 Å². The van der Waals surface area contributed by atoms with Crippen LogP contribution in [0, 0.1) is 0 Å². The molecular formula is C9H12KO2. The summed E-state index contributed by atoms with van der Waals surface area (Å²) in [6, 6.07) is 9.76. The fraction of sp³-hybridized carbons (Fsp3) is 0.333. The second-order valence-corrected chi connectivity index (χ2v) is 2.40. The third kappa shape index (κ3) is 5.43. The van der Waals surface area contributed by atoms with Crippen LogP contribution in [0.15, 0.2) is 30.3 Å². The zero-order chi connectivity index (χ0) is 8.10. The summed E-state index contributed by atoms with van der Waals surface area (Å²) in [5.74, 6) is 0. The summed E-state index contributed by atoms with van der Waals surface area (Å²) < 4.78 is 4.98. The minimum Gasteiger partial charge on any atom is -0.368 e. The summed E-state index contributed by atoms with van der Waals surface area (Å²) in [6.45, 7) is 2.07. The van der Waals surface area contributed by atoms with Gasteiger partial charge >= 0.3 is 0 Å². The van der Waals surface area contributed by atoms with Crippen LogP contribution in [-0.2, 0) is 11.3 Å². The van der Waals surface area contributed by atoms with Crippen LogP contribution in [0.1, 0.15) is 12.5 Å². The van der Waals surface area contributed by atoms with E-state index < -0.39 is 6.29 Å². The number of hydrogen-bond acceptors (Lipinski definition) is 2. The maximum Gasteiger partial charge on any atom is 0.152 e. The quantitative estimate of drug-likeness (QED) is 0.574. The molecule has 0 aliphatic carbocycles. The molecule has 12 heavy (non-hydrogen) atoms. The minimum absolute atomic E-state index is 0. The Morgan fingerprint density at radius 3 is 2.42 bits per heavy atom. The van der Waals surface area contributed by atoms with Gasteiger partial charge in [-0.05, 0) is 12.5 Å². The van der Waals surface area contributed by atoms with Crippen LogP contribution in [0.25, 0.3) is 0 Å². The van der Waals surface area contributed by atoms with E-state index in [0.29, 0.717) is 6.61 Å². The zero-order valence-electron chi connectivity index (χ0n) is 7.53. The van der Waals surface area contributed by atoms with Crippen molar-refractivity contribution in [2.75, 3.05) is 0 Å². The van der Waals surface area contributed by atoms with Crippen molar-refractivity contribution in [2.24, 2.45) is 0 Å². The van der Waals surface area contributed by atoms with E-state index >= 15 is 0 Å². The number of hydrogen-bond donors (Lipinski definition) is 1. The van der Waals surface area contributed by atoms with E-state index in [0.717, 1.165) is 5.56 Å². The molecule has 3 heteroatoms. The van der Waals surface area contributed by atoms with Crippen molar-refractivity contribution >= 4 is 51.4 Å². The number of ether oxygens (including phenoxy) is 1. The molecule has 1 atom stereocenters. The second-order valence-electron chi connectivity index (χ2n) is 2.40. The SMILES string of the molecule is CC(O)OCc1ccccc1.[K]. The van der Waals surface area contributed by atoms with E-state index in [1.165, 1.54) is 0 Å². The van der Waals surface area contributed by atoms with E-state index in [-0.39, 0.29) is 51.4 Å². The molecule has 0 aliphatic heterocycles. The molecule has 0 aliphatic rings. The fourth-order valence-corrected chi connectivity index (χ4v) is 0.791. The van der Waals surface area contributed by atoms with E-state index in [1.807, 2.05) is 30.3 Å². The molecular weight excluding hydrogens is 179 g/mol. The van der Waals surface area contributed by atoms with Crippen LogP contribution in [0.5, 0.6) is 0 Å². The first-order valence-corrected chi connectivity index (χ1v) is 3.62. The summed E-state index contributed by atoms with van der Waals surface area (Å²) in [4.78, 5) is 0. The van der Waals surface area contributed by atoms with Gasteiger partial charge < -0.3 is 9.84 Å². The summed E-state index contributed by atoms with van der Waals surface area (Å²) in [7, 11) is 0. The molecule has 1 radical (unpaired) electrons. The smallest absolute Gasteiger partial charge is 0.152 e. The van der Waals surface area contributed by atoms with Gasteiger partial charge in [-0.1, -0.05) is 30.3 Å². The Morgan fingerprint density at radius 2 is 1.92 bits per heavy atom. The van der Waals surface area contributed by atoms with Crippen molar-refractivity contribution in [3.8, 4) is 0 Å². The molecule has 0 bridgehead atoms. The van der Waals surface area contributed by atoms with Gasteiger partial charge in [0.05, 0.1) is 6.61 Å². The van der Waals surface area contributed by atoms with Gasteiger partial charge in [0.2, 0.25) is 0 Å². The zero-order valence-corrected chi connectivity index (χ0v) is 10.6. The Balaban J connectivity index is 0.00000121. The molecule has 0 fully saturated rings. The maximum atomic E-state index is 8.79. The first kappa shape index (κ1) is 12.8. The monoisotopic (exact) mass is 191 g/mol. The van der Waals surface area contributed by atoms with E-state index in [1.54, 1.807) is 6.92 Å². The molecule has 0 spiro atoms. The van der Waals surface area contributed by atoms with Gasteiger partial charge in [0.15, 0.2) is 6.29 Å². The van der Waals surface area contributed by atoms with Crippen molar-refractivity contribution in [2.45, 2.75) is 19.8 Å². The first-order chi connectivity index (χ1) is 5.29. The molecule has 1 rings (SSSR count). The second kappa shape index (κ2) is 7.21. The molecule has 2 nitrogen and oxygen atoms in total. The maximum absolute atomic E-state index is 8.79. The van der Waals surface area contributed by atoms with Gasteiger partial charge in [0.1, 0.15) is 0 Å². The third-order valence-electron chi connectivity index (χ3n) is 1.33. The molecule has 1 N–H and O–H groups in total. The van der Waals surface area contributed by atoms with Crippen LogP contribution in [0.4, 0.5) is 0 Å². The van der Waals surface area contributed by atoms with Gasteiger partial charge in [-0.2, -0.15) is 0 Å². The van der Waals surface area contributed by atoms with Crippen molar-refractivity contribution < 1.29 is 9.84 Å². The van der Waals surface area contributed by atoms with E-state index in [9.17, 15) is 0 Å². The Kier molecular flexibility index (Phi) is 7.67. The largest absolute Gasteiger partial charge is 0.368 e. The van der Waals surface area contributed by atoms with Crippen molar-refractivity contribution in [3.05, 3.63) is 35.9 Å². The molecule has 61 valence electrons. The predicted octanol–water partition coefficient (Wildman–Crippen LogP) is 1.16. The minimum atomic E-state index is -0.685. The molecule has 0 heterocycles. The number of benzene rings is 1. The summed E-state index contributed by atoms with van der Waals surface area (Å²) in [6.07, 6.45) is -0.685. The third-order valence-corrected chi connectivity index (χ3v) is 1.33. The fourth-order valence-electron chi connectivity index (χ4n) is 0.791. The summed E-state index contributed by atoms with van der Waals surface area (Å²) in [5, 5.41) is 8.79. The Hall–Kier alpha value is 0.776. The number of aliphatic hydroxyl groups excluding tert-OH is 1. The Bertz CT molecular complexity index is 199. The molecule has 0 amide bonds. The van der Waals surface area contributed by atoms with Crippen molar-refractivity contribution in [1.29, 1.82) is 0 Å². The predicted molar refractivity (Wildman–Crippen MR) is 48.7 cm³/mol. The molecule has 0 saturated heterocycles. The average Bonchev–Trinajstić information content (AvgIpc) is 2.03. The van der Waals surface area contributed by atoms with Gasteiger partial charge in [-0.25, -0.2) is 0 Å². The summed E-state index contributed by atoms with van der Waals surface area (Å²) >= 11 is 0. The Labute approximate surface area is 115 Å². The average molecular weight is 191 g/mol. The van der Waals surface area contributed by atoms with E-state index in [4.69, 9.17) is 9.84 Å². The number of rotatable bonds is 3. The van der Waals surface area contributed by atoms with Crippen LogP contribution in [0.3, 0.4) is 0 Å². The molecule has 0 saturated carbocycles. The van der Waals surface area contributed by atoms with Gasteiger partial charge in [0, 0.05) is 51.4 Å². The van der Waals surface area contributed by atoms with Crippen molar-refractivity contribution in [3.63, 3.8) is 0 Å². The van der Waals surface area contributed by atoms with Crippen LogP contribution >= 0.6 is 0 Å². The summed E-state index contributed by atoms with van der Waals surface area (Å²) in [5.41, 5.74) is 1.08. The standard InChI is InChI=1S/C9H12O2.K/c1-8(10)11-7-9-5-3-2-4-6-9;/h2-6,8,10H,7H2,1H3;. The van der Waals surface area contributed by atoms with Crippen LogP contribution in [0.2, 0.25) is 0 Å². The molecule has 1 unspecified atom stereocenters. The molecule has 1 aromatic rings. The van der Waals surface area contributed by atoms with Crippen LogP contribution < -0.4 is 0 Å². The van der Waals surface area contributed by atoms with Gasteiger partial charge in [-0.3, -0.25) is 0 Å². The topological polar surface area (TPSA) is 29.5 Å². The van der Waals surface area contributed by atoms with E-state index in [2.05, 4.69) is 0 Å². The van der Waals surface area contributed by atoms with Crippen LogP contribution in [-0.4, -0.2) is 62.8 Å². The van der Waals surface area contributed by atoms with Crippen molar-refractivity contribution in [1.82, 2.24) is 0 Å².